The Labute approximate surface area is 196 Å². The Kier molecular flexibility index (Phi) is 7.32. The molecule has 0 aromatic heterocycles. The van der Waals surface area contributed by atoms with Crippen molar-refractivity contribution in [2.45, 2.75) is 32.1 Å². The zero-order chi connectivity index (χ0) is 22.9. The first kappa shape index (κ1) is 22.1. The van der Waals surface area contributed by atoms with Gasteiger partial charge in [-0.1, -0.05) is 79.2 Å². The maximum absolute atomic E-state index is 8.97. The van der Waals surface area contributed by atoms with E-state index < -0.39 is 0 Å². The molecule has 0 atom stereocenters. The van der Waals surface area contributed by atoms with E-state index in [2.05, 4.69) is 60.7 Å². The molecule has 0 radical (unpaired) electrons. The van der Waals surface area contributed by atoms with Gasteiger partial charge in [0.15, 0.2) is 0 Å². The van der Waals surface area contributed by atoms with Gasteiger partial charge in [-0.25, -0.2) is 0 Å². The highest BCUT2D eigenvalue weighted by atomic mass is 14.2. The lowest BCUT2D eigenvalue weighted by Crippen LogP contribution is -1.90. The molecule has 4 aromatic carbocycles. The van der Waals surface area contributed by atoms with Crippen LogP contribution in [0.3, 0.4) is 0 Å². The molecule has 160 valence electrons. The number of benzene rings is 4. The summed E-state index contributed by atoms with van der Waals surface area (Å²) in [5.41, 5.74) is 8.81. The van der Waals surface area contributed by atoms with Crippen LogP contribution in [0.5, 0.6) is 0 Å². The standard InChI is InChI=1S/C31H26N2/c32-22-26-11-17-29(18-12-26)28-15-9-24(10-16-28)5-2-1-3-6-25-7-4-8-31(21-25)30-19-13-27(23-33)14-20-30/h4,7-21H,1-3,5-6H2. The van der Waals surface area contributed by atoms with E-state index in [1.807, 2.05) is 48.5 Å². The third-order valence-electron chi connectivity index (χ3n) is 6.01. The Bertz CT molecular complexity index is 1270. The molecule has 0 aliphatic heterocycles. The number of nitriles is 2. The largest absolute Gasteiger partial charge is 0.192 e. The zero-order valence-corrected chi connectivity index (χ0v) is 18.7. The second-order valence-corrected chi connectivity index (χ2v) is 8.34. The molecule has 0 saturated heterocycles. The summed E-state index contributed by atoms with van der Waals surface area (Å²) in [5.74, 6) is 0. The van der Waals surface area contributed by atoms with Crippen molar-refractivity contribution < 1.29 is 0 Å². The fourth-order valence-electron chi connectivity index (χ4n) is 4.08. The van der Waals surface area contributed by atoms with Gasteiger partial charge in [0.05, 0.1) is 23.3 Å². The van der Waals surface area contributed by atoms with Gasteiger partial charge in [0.25, 0.3) is 0 Å². The summed E-state index contributed by atoms with van der Waals surface area (Å²) < 4.78 is 0. The Balaban J connectivity index is 1.24. The highest BCUT2D eigenvalue weighted by Crippen LogP contribution is 2.23. The monoisotopic (exact) mass is 426 g/mol. The topological polar surface area (TPSA) is 47.6 Å². The molecule has 2 heteroatoms. The Morgan fingerprint density at radius 3 is 1.48 bits per heavy atom. The van der Waals surface area contributed by atoms with Gasteiger partial charge in [0.2, 0.25) is 0 Å². The van der Waals surface area contributed by atoms with Crippen LogP contribution in [0.2, 0.25) is 0 Å². The molecule has 0 N–H and O–H groups in total. The lowest BCUT2D eigenvalue weighted by atomic mass is 9.98. The first-order chi connectivity index (χ1) is 16.2. The number of nitrogens with zero attached hydrogens (tertiary/aromatic N) is 2. The van der Waals surface area contributed by atoms with Crippen molar-refractivity contribution >= 4 is 0 Å². The van der Waals surface area contributed by atoms with Crippen molar-refractivity contribution in [3.8, 4) is 34.4 Å². The van der Waals surface area contributed by atoms with Crippen molar-refractivity contribution in [3.05, 3.63) is 119 Å². The fourth-order valence-corrected chi connectivity index (χ4v) is 4.08. The molecular formula is C31H26N2. The third-order valence-corrected chi connectivity index (χ3v) is 6.01. The molecule has 0 aliphatic rings. The van der Waals surface area contributed by atoms with Crippen LogP contribution < -0.4 is 0 Å². The molecule has 4 aromatic rings. The van der Waals surface area contributed by atoms with Crippen molar-refractivity contribution in [2.24, 2.45) is 0 Å². The first-order valence-electron chi connectivity index (χ1n) is 11.4. The SMILES string of the molecule is N#Cc1ccc(-c2ccc(CCCCCc3cccc(-c4ccc(C#N)cc4)c3)cc2)cc1. The maximum Gasteiger partial charge on any atom is 0.0991 e. The van der Waals surface area contributed by atoms with E-state index in [1.54, 1.807) is 0 Å². The van der Waals surface area contributed by atoms with Gasteiger partial charge in [-0.05, 0) is 83.3 Å². The third kappa shape index (κ3) is 5.97. The summed E-state index contributed by atoms with van der Waals surface area (Å²) in [6.45, 7) is 0. The van der Waals surface area contributed by atoms with Crippen LogP contribution in [-0.4, -0.2) is 0 Å². The van der Waals surface area contributed by atoms with E-state index in [1.165, 1.54) is 41.5 Å². The van der Waals surface area contributed by atoms with Crippen LogP contribution in [0, 0.1) is 22.7 Å². The van der Waals surface area contributed by atoms with Gasteiger partial charge in [0.1, 0.15) is 0 Å². The molecule has 0 aliphatic carbocycles. The number of hydrogen-bond donors (Lipinski definition) is 0. The van der Waals surface area contributed by atoms with Crippen molar-refractivity contribution in [3.63, 3.8) is 0 Å². The van der Waals surface area contributed by atoms with Gasteiger partial charge < -0.3 is 0 Å². The summed E-state index contributed by atoms with van der Waals surface area (Å²) in [5, 5.41) is 17.9. The molecule has 0 heterocycles. The predicted octanol–water partition coefficient (Wildman–Crippen LogP) is 7.72. The van der Waals surface area contributed by atoms with Crippen LogP contribution in [0.4, 0.5) is 0 Å². The molecular weight excluding hydrogens is 400 g/mol. The lowest BCUT2D eigenvalue weighted by Gasteiger charge is -2.07. The molecule has 0 bridgehead atoms. The normalized spacial score (nSPS) is 10.4. The van der Waals surface area contributed by atoms with E-state index in [-0.39, 0.29) is 0 Å². The average Bonchev–Trinajstić information content (AvgIpc) is 2.89. The average molecular weight is 427 g/mol. The Hall–Kier alpha value is -4.14. The van der Waals surface area contributed by atoms with E-state index in [0.717, 1.165) is 24.0 Å². The molecule has 0 amide bonds. The van der Waals surface area contributed by atoms with E-state index in [4.69, 9.17) is 10.5 Å². The van der Waals surface area contributed by atoms with Crippen LogP contribution >= 0.6 is 0 Å². The Morgan fingerprint density at radius 2 is 0.939 bits per heavy atom. The van der Waals surface area contributed by atoms with Crippen molar-refractivity contribution in [1.82, 2.24) is 0 Å². The Morgan fingerprint density at radius 1 is 0.455 bits per heavy atom. The van der Waals surface area contributed by atoms with Gasteiger partial charge in [-0.3, -0.25) is 0 Å². The molecule has 0 saturated carbocycles. The van der Waals surface area contributed by atoms with Gasteiger partial charge in [-0.2, -0.15) is 10.5 Å². The van der Waals surface area contributed by atoms with Crippen LogP contribution in [0.25, 0.3) is 22.3 Å². The predicted molar refractivity (Wildman–Crippen MR) is 134 cm³/mol. The number of rotatable bonds is 8. The molecule has 0 fully saturated rings. The smallest absolute Gasteiger partial charge is 0.0991 e. The highest BCUT2D eigenvalue weighted by molar-refractivity contribution is 5.65. The quantitative estimate of drug-likeness (QED) is 0.271. The highest BCUT2D eigenvalue weighted by Gasteiger charge is 2.02. The van der Waals surface area contributed by atoms with Gasteiger partial charge in [-0.15, -0.1) is 0 Å². The summed E-state index contributed by atoms with van der Waals surface area (Å²) in [7, 11) is 0. The van der Waals surface area contributed by atoms with E-state index in [9.17, 15) is 0 Å². The summed E-state index contributed by atoms with van der Waals surface area (Å²) in [6.07, 6.45) is 5.75. The summed E-state index contributed by atoms with van der Waals surface area (Å²) >= 11 is 0. The lowest BCUT2D eigenvalue weighted by molar-refractivity contribution is 0.678. The molecule has 33 heavy (non-hydrogen) atoms. The van der Waals surface area contributed by atoms with E-state index >= 15 is 0 Å². The van der Waals surface area contributed by atoms with Gasteiger partial charge in [0, 0.05) is 0 Å². The maximum atomic E-state index is 8.97. The first-order valence-corrected chi connectivity index (χ1v) is 11.4. The minimum Gasteiger partial charge on any atom is -0.192 e. The van der Waals surface area contributed by atoms with Crippen molar-refractivity contribution in [1.29, 1.82) is 10.5 Å². The van der Waals surface area contributed by atoms with Gasteiger partial charge >= 0.3 is 0 Å². The molecule has 0 unspecified atom stereocenters. The summed E-state index contributed by atoms with van der Waals surface area (Å²) in [6, 6.07) is 37.4. The van der Waals surface area contributed by atoms with Crippen LogP contribution in [-0.2, 0) is 12.8 Å². The van der Waals surface area contributed by atoms with Crippen molar-refractivity contribution in [2.75, 3.05) is 0 Å². The molecule has 0 spiro atoms. The fraction of sp³-hybridized carbons (Fsp3) is 0.161. The minimum absolute atomic E-state index is 0.691. The number of unbranched alkanes of at least 4 members (excludes halogenated alkanes) is 2. The zero-order valence-electron chi connectivity index (χ0n) is 18.7. The van der Waals surface area contributed by atoms with E-state index in [0.29, 0.717) is 11.1 Å². The second-order valence-electron chi connectivity index (χ2n) is 8.34. The number of aryl methyl sites for hydroxylation is 2. The minimum atomic E-state index is 0.691. The molecule has 4 rings (SSSR count). The van der Waals surface area contributed by atoms with Crippen LogP contribution in [0.15, 0.2) is 97.1 Å². The summed E-state index contributed by atoms with van der Waals surface area (Å²) in [4.78, 5) is 0. The van der Waals surface area contributed by atoms with Crippen LogP contribution in [0.1, 0.15) is 41.5 Å². The molecule has 2 nitrogen and oxygen atoms in total. The second kappa shape index (κ2) is 10.9. The number of hydrogen-bond acceptors (Lipinski definition) is 2.